The lowest BCUT2D eigenvalue weighted by Gasteiger charge is -2.20. The molecule has 7 rings (SSSR count). The van der Waals surface area contributed by atoms with Crippen molar-refractivity contribution in [2.24, 2.45) is 0 Å². The summed E-state index contributed by atoms with van der Waals surface area (Å²) in [7, 11) is 0. The van der Waals surface area contributed by atoms with Gasteiger partial charge in [0.2, 0.25) is 0 Å². The molecule has 0 atom stereocenters. The Bertz CT molecular complexity index is 3970. The monoisotopic (exact) mass is 1410 g/mol. The minimum absolute atomic E-state index is 0.191. The predicted octanol–water partition coefficient (Wildman–Crippen LogP) is 21.2. The molecule has 7 aromatic carbocycles. The summed E-state index contributed by atoms with van der Waals surface area (Å²) in [5.41, 5.74) is -21.7. The van der Waals surface area contributed by atoms with Crippen molar-refractivity contribution in [2.75, 3.05) is 31.9 Å². The molecule has 6 N–H and O–H groups in total. The summed E-state index contributed by atoms with van der Waals surface area (Å²) >= 11 is 0. The molecule has 0 bridgehead atoms. The minimum atomic E-state index is -5.34. The molecular weight excluding hydrogens is 1360 g/mol. The van der Waals surface area contributed by atoms with Gasteiger partial charge in [-0.15, -0.1) is 0 Å². The molecule has 0 saturated carbocycles. The maximum absolute atomic E-state index is 17.4. The largest absolute Gasteiger partial charge is 0.416 e. The van der Waals surface area contributed by atoms with E-state index in [2.05, 4.69) is 51.5 Å². The number of hydrogen-bond donors (Lipinski definition) is 6. The van der Waals surface area contributed by atoms with Crippen LogP contribution in [-0.2, 0) is 53.3 Å². The molecule has 0 heterocycles. The van der Waals surface area contributed by atoms with Crippen molar-refractivity contribution >= 4 is 52.2 Å². The Morgan fingerprint density at radius 1 is 0.263 bits per heavy atom. The van der Waals surface area contributed by atoms with Gasteiger partial charge in [-0.2, -0.15) is 79.0 Å². The zero-order valence-corrected chi connectivity index (χ0v) is 52.6. The van der Waals surface area contributed by atoms with Crippen molar-refractivity contribution in [3.05, 3.63) is 210 Å². The number of halogens is 21. The molecular formula is C69H51F21N6O3. The Morgan fingerprint density at radius 3 is 0.626 bits per heavy atom. The van der Waals surface area contributed by atoms with Gasteiger partial charge in [-0.05, 0) is 124 Å². The molecule has 0 radical (unpaired) electrons. The first-order valence-electron chi connectivity index (χ1n) is 28.5. The van der Waals surface area contributed by atoms with E-state index in [0.717, 1.165) is 18.2 Å². The first kappa shape index (κ1) is 75.9. The Balaban J connectivity index is 1.43. The SMILES string of the molecule is CC(C)(C)c1ccc(NC(=O)Nc2cc(C(F)(F)F)cc(C(F)(F)F)c2)c(C#Cc2c(F)c(C#Cc3cc(C(C)(C)C)ccc3NC(=O)Nc3cc(C(F)(F)F)cc(C(F)(F)F)c3)c(F)c(C#Cc3cc(C(C)(C)C)ccc3NC(=O)Nc3cc(C(F)(F)F)cc(C(F)(F)F)c3)c2F)c1. The van der Waals surface area contributed by atoms with Crippen molar-refractivity contribution in [3.63, 3.8) is 0 Å². The van der Waals surface area contributed by atoms with Crippen molar-refractivity contribution in [1.82, 2.24) is 0 Å². The third kappa shape index (κ3) is 19.4. The number of amides is 6. The quantitative estimate of drug-likeness (QED) is 0.0734. The second kappa shape index (κ2) is 27.5. The van der Waals surface area contributed by atoms with Crippen LogP contribution in [0.2, 0.25) is 0 Å². The summed E-state index contributed by atoms with van der Waals surface area (Å²) in [6.07, 6.45) is -32.0. The Morgan fingerprint density at radius 2 is 0.455 bits per heavy atom. The van der Waals surface area contributed by atoms with Gasteiger partial charge >= 0.3 is 55.2 Å². The van der Waals surface area contributed by atoms with E-state index in [4.69, 9.17) is 0 Å². The van der Waals surface area contributed by atoms with E-state index in [1.54, 1.807) is 62.3 Å². The summed E-state index contributed by atoms with van der Waals surface area (Å²) in [5.74, 6) is 8.08. The lowest BCUT2D eigenvalue weighted by atomic mass is 9.86. The second-order valence-corrected chi connectivity index (χ2v) is 25.0. The highest BCUT2D eigenvalue weighted by molar-refractivity contribution is 6.02. The first-order valence-corrected chi connectivity index (χ1v) is 28.5. The Kier molecular flexibility index (Phi) is 21.1. The number of benzene rings is 7. The molecule has 0 fully saturated rings. The van der Waals surface area contributed by atoms with E-state index in [0.29, 0.717) is 16.7 Å². The molecule has 0 aliphatic carbocycles. The Hall–Kier alpha value is -10.4. The second-order valence-electron chi connectivity index (χ2n) is 25.0. The molecule has 0 saturated heterocycles. The van der Waals surface area contributed by atoms with Crippen LogP contribution in [0.1, 0.15) is 146 Å². The molecule has 522 valence electrons. The van der Waals surface area contributed by atoms with Crippen LogP contribution in [0, 0.1) is 53.0 Å². The van der Waals surface area contributed by atoms with E-state index in [-0.39, 0.29) is 71.3 Å². The average Bonchev–Trinajstić information content (AvgIpc) is 0.790. The minimum Gasteiger partial charge on any atom is -0.308 e. The third-order valence-corrected chi connectivity index (χ3v) is 14.2. The molecule has 0 unspecified atom stereocenters. The van der Waals surface area contributed by atoms with Gasteiger partial charge in [0.25, 0.3) is 0 Å². The summed E-state index contributed by atoms with van der Waals surface area (Å²) < 4.78 is 300. The molecule has 0 spiro atoms. The van der Waals surface area contributed by atoms with Crippen molar-refractivity contribution in [2.45, 2.75) is 116 Å². The molecule has 9 nitrogen and oxygen atoms in total. The molecule has 30 heteroatoms. The van der Waals surface area contributed by atoms with E-state index in [9.17, 15) is 93.4 Å². The zero-order chi connectivity index (χ0) is 74.3. The van der Waals surface area contributed by atoms with Gasteiger partial charge in [0.1, 0.15) is 0 Å². The van der Waals surface area contributed by atoms with Gasteiger partial charge in [0, 0.05) is 33.8 Å². The van der Waals surface area contributed by atoms with Crippen molar-refractivity contribution in [3.8, 4) is 35.5 Å². The number of nitrogens with one attached hydrogen (secondary N) is 6. The van der Waals surface area contributed by atoms with Gasteiger partial charge in [-0.1, -0.05) is 116 Å². The topological polar surface area (TPSA) is 123 Å². The number of hydrogen-bond acceptors (Lipinski definition) is 3. The fraction of sp³-hybridized carbons (Fsp3) is 0.261. The summed E-state index contributed by atoms with van der Waals surface area (Å²) in [5, 5.41) is 12.2. The third-order valence-electron chi connectivity index (χ3n) is 14.2. The molecule has 7 aromatic rings. The predicted molar refractivity (Wildman–Crippen MR) is 327 cm³/mol. The van der Waals surface area contributed by atoms with Crippen LogP contribution >= 0.6 is 0 Å². The normalized spacial score (nSPS) is 12.4. The highest BCUT2D eigenvalue weighted by Gasteiger charge is 2.40. The summed E-state index contributed by atoms with van der Waals surface area (Å²) in [6.45, 7) is 15.0. The van der Waals surface area contributed by atoms with Crippen LogP contribution < -0.4 is 31.9 Å². The summed E-state index contributed by atoms with van der Waals surface area (Å²) in [6, 6.07) is 7.44. The number of rotatable bonds is 6. The van der Waals surface area contributed by atoms with Crippen LogP contribution in [0.4, 0.5) is 141 Å². The fourth-order valence-electron chi connectivity index (χ4n) is 8.99. The van der Waals surface area contributed by atoms with Gasteiger partial charge in [-0.25, -0.2) is 27.6 Å². The van der Waals surface area contributed by atoms with E-state index < -0.39 is 173 Å². The maximum atomic E-state index is 17.4. The summed E-state index contributed by atoms with van der Waals surface area (Å²) in [4.78, 5) is 40.4. The van der Waals surface area contributed by atoms with Crippen LogP contribution in [-0.4, -0.2) is 18.1 Å². The first-order chi connectivity index (χ1) is 45.2. The molecule has 0 aromatic heterocycles. The van der Waals surface area contributed by atoms with Crippen LogP contribution in [0.15, 0.2) is 109 Å². The van der Waals surface area contributed by atoms with Gasteiger partial charge < -0.3 is 31.9 Å². The lowest BCUT2D eigenvalue weighted by Crippen LogP contribution is -2.21. The van der Waals surface area contributed by atoms with Gasteiger partial charge in [0.15, 0.2) is 17.5 Å². The Labute approximate surface area is 550 Å². The van der Waals surface area contributed by atoms with E-state index in [1.807, 2.05) is 16.0 Å². The van der Waals surface area contributed by atoms with Gasteiger partial charge in [0.05, 0.1) is 67.1 Å². The number of carbonyl (C=O) groups is 3. The number of alkyl halides is 18. The maximum Gasteiger partial charge on any atom is 0.416 e. The highest BCUT2D eigenvalue weighted by atomic mass is 19.4. The van der Waals surface area contributed by atoms with E-state index >= 15 is 13.2 Å². The number of urea groups is 3. The zero-order valence-electron chi connectivity index (χ0n) is 52.6. The van der Waals surface area contributed by atoms with Crippen LogP contribution in [0.3, 0.4) is 0 Å². The van der Waals surface area contributed by atoms with Crippen molar-refractivity contribution < 1.29 is 107 Å². The van der Waals surface area contributed by atoms with Gasteiger partial charge in [-0.3, -0.25) is 0 Å². The smallest absolute Gasteiger partial charge is 0.308 e. The standard InChI is InChI=1S/C69H51F21N6O3/c1-61(2,3)37-13-19-52(94-58(97)91-46-28-40(64(73,74)75)25-41(29-46)65(76,77)78)34(22-37)10-16-49-55(70)50(17-11-35-23-38(62(4,5)6)14-20-53(35)95-59(98)92-47-30-42(66(79,80)81)26-43(31-47)67(82,83)84)57(72)51(56(49)71)18-12-36-24-39(63(7,8)9)15-21-54(36)96-60(99)93-48-32-44(68(85,86)87)27-45(33-48)69(88,89)90/h13-15,19-33H,1-9H3,(H2,91,94,97)(H2,92,95,98)(H2,93,96,99). The number of anilines is 6. The molecule has 0 aliphatic heterocycles. The molecule has 99 heavy (non-hydrogen) atoms. The van der Waals surface area contributed by atoms with Crippen LogP contribution in [0.25, 0.3) is 0 Å². The lowest BCUT2D eigenvalue weighted by molar-refractivity contribution is -0.144. The van der Waals surface area contributed by atoms with E-state index in [1.165, 1.54) is 36.4 Å². The molecule has 6 amide bonds. The highest BCUT2D eigenvalue weighted by Crippen LogP contribution is 2.42. The average molecular weight is 1410 g/mol. The van der Waals surface area contributed by atoms with Crippen LogP contribution in [0.5, 0.6) is 0 Å². The fourth-order valence-corrected chi connectivity index (χ4v) is 8.99. The number of carbonyl (C=O) groups excluding carboxylic acids is 3. The van der Waals surface area contributed by atoms with Crippen molar-refractivity contribution in [1.29, 1.82) is 0 Å². The molecule has 0 aliphatic rings.